The summed E-state index contributed by atoms with van der Waals surface area (Å²) < 4.78 is 0. The van der Waals surface area contributed by atoms with Crippen molar-refractivity contribution in [1.29, 1.82) is 0 Å². The van der Waals surface area contributed by atoms with Gasteiger partial charge >= 0.3 is 0 Å². The molecule has 0 bridgehead atoms. The van der Waals surface area contributed by atoms with Gasteiger partial charge in [0.15, 0.2) is 0 Å². The van der Waals surface area contributed by atoms with E-state index in [1.165, 1.54) is 11.1 Å². The molecule has 0 amide bonds. The summed E-state index contributed by atoms with van der Waals surface area (Å²) >= 11 is 0. The van der Waals surface area contributed by atoms with Crippen LogP contribution in [0.5, 0.6) is 5.75 Å². The smallest absolute Gasteiger partial charge is 0.123 e. The van der Waals surface area contributed by atoms with Gasteiger partial charge in [-0.15, -0.1) is 0 Å². The maximum Gasteiger partial charge on any atom is 0.123 e. The van der Waals surface area contributed by atoms with Crippen molar-refractivity contribution in [3.05, 3.63) is 53.6 Å². The summed E-state index contributed by atoms with van der Waals surface area (Å²) in [5, 5.41) is 10.1. The summed E-state index contributed by atoms with van der Waals surface area (Å²) in [5.41, 5.74) is 4.57. The van der Waals surface area contributed by atoms with Gasteiger partial charge in [-0.25, -0.2) is 0 Å². The van der Waals surface area contributed by atoms with Gasteiger partial charge in [0.25, 0.3) is 0 Å². The molecular weight excluding hydrogens is 208 g/mol. The number of hydrogen-bond donors (Lipinski definition) is 1. The van der Waals surface area contributed by atoms with E-state index in [0.717, 1.165) is 24.0 Å². The lowest BCUT2D eigenvalue weighted by molar-refractivity contribution is 0.476. The van der Waals surface area contributed by atoms with E-state index in [1.54, 1.807) is 0 Å². The van der Waals surface area contributed by atoms with Gasteiger partial charge < -0.3 is 5.11 Å². The lowest BCUT2D eigenvalue weighted by Gasteiger charge is -2.11. The Kier molecular flexibility index (Phi) is 3.48. The van der Waals surface area contributed by atoms with Crippen molar-refractivity contribution in [3.8, 4) is 16.9 Å². The predicted molar refractivity (Wildman–Crippen MR) is 72.3 cm³/mol. The Morgan fingerprint density at radius 3 is 2.06 bits per heavy atom. The second kappa shape index (κ2) is 5.05. The summed E-state index contributed by atoms with van der Waals surface area (Å²) in [7, 11) is 0. The molecular formula is C16H18O. The average molecular weight is 226 g/mol. The summed E-state index contributed by atoms with van der Waals surface area (Å²) in [4.78, 5) is 0. The molecule has 2 rings (SSSR count). The van der Waals surface area contributed by atoms with Crippen LogP contribution in [0.2, 0.25) is 0 Å². The fraction of sp³-hybridized carbons (Fsp3) is 0.250. The molecule has 0 unspecified atom stereocenters. The van der Waals surface area contributed by atoms with Crippen LogP contribution in [0.15, 0.2) is 42.5 Å². The highest BCUT2D eigenvalue weighted by Gasteiger charge is 2.08. The number of aromatic hydroxyl groups is 1. The van der Waals surface area contributed by atoms with Gasteiger partial charge in [-0.05, 0) is 41.7 Å². The summed E-state index contributed by atoms with van der Waals surface area (Å²) in [5.74, 6) is 0.380. The minimum absolute atomic E-state index is 0.380. The van der Waals surface area contributed by atoms with Crippen LogP contribution >= 0.6 is 0 Å². The Hall–Kier alpha value is -1.76. The molecule has 0 spiro atoms. The third-order valence-corrected chi connectivity index (χ3v) is 3.16. The molecule has 1 nitrogen and oxygen atoms in total. The van der Waals surface area contributed by atoms with E-state index < -0.39 is 0 Å². The van der Waals surface area contributed by atoms with Gasteiger partial charge in [-0.3, -0.25) is 0 Å². The Morgan fingerprint density at radius 1 is 0.882 bits per heavy atom. The van der Waals surface area contributed by atoms with Crippen molar-refractivity contribution in [1.82, 2.24) is 0 Å². The minimum Gasteiger partial charge on any atom is -0.507 e. The third kappa shape index (κ3) is 2.33. The van der Waals surface area contributed by atoms with Crippen LogP contribution in [-0.2, 0) is 12.8 Å². The third-order valence-electron chi connectivity index (χ3n) is 3.16. The van der Waals surface area contributed by atoms with Crippen molar-refractivity contribution in [3.63, 3.8) is 0 Å². The van der Waals surface area contributed by atoms with Crippen LogP contribution in [0.4, 0.5) is 0 Å². The molecule has 0 aliphatic rings. The van der Waals surface area contributed by atoms with Gasteiger partial charge in [-0.2, -0.15) is 0 Å². The molecule has 2 aromatic carbocycles. The van der Waals surface area contributed by atoms with Crippen LogP contribution in [0.25, 0.3) is 11.1 Å². The molecule has 88 valence electrons. The van der Waals surface area contributed by atoms with E-state index in [-0.39, 0.29) is 0 Å². The first-order valence-corrected chi connectivity index (χ1v) is 6.16. The van der Waals surface area contributed by atoms with Gasteiger partial charge in [0.1, 0.15) is 5.75 Å². The normalized spacial score (nSPS) is 10.5. The summed E-state index contributed by atoms with van der Waals surface area (Å²) in [6.07, 6.45) is 1.97. The quantitative estimate of drug-likeness (QED) is 0.832. The van der Waals surface area contributed by atoms with E-state index >= 15 is 0 Å². The van der Waals surface area contributed by atoms with E-state index in [1.807, 2.05) is 36.4 Å². The number of aryl methyl sites for hydroxylation is 2. The molecule has 1 heteroatoms. The molecule has 0 aliphatic carbocycles. The van der Waals surface area contributed by atoms with Crippen molar-refractivity contribution in [2.45, 2.75) is 26.7 Å². The molecule has 0 fully saturated rings. The number of phenols is 1. The summed E-state index contributed by atoms with van der Waals surface area (Å²) in [6.45, 7) is 4.27. The molecule has 0 aliphatic heterocycles. The number of benzene rings is 2. The maximum atomic E-state index is 10.1. The van der Waals surface area contributed by atoms with Gasteiger partial charge in [0.05, 0.1) is 0 Å². The number of phenolic OH excluding ortho intramolecular Hbond substituents is 1. The molecule has 17 heavy (non-hydrogen) atoms. The lowest BCUT2D eigenvalue weighted by atomic mass is 9.95. The Balaban J connectivity index is 2.56. The molecule has 0 radical (unpaired) electrons. The number of hydrogen-bond acceptors (Lipinski definition) is 1. The molecule has 0 saturated heterocycles. The highest BCUT2D eigenvalue weighted by atomic mass is 16.3. The standard InChI is InChI=1S/C16H18O/c1-3-12-10-15(14-8-6-5-7-9-14)16(17)11-13(12)4-2/h5-11,17H,3-4H2,1-2H3. The largest absolute Gasteiger partial charge is 0.507 e. The van der Waals surface area contributed by atoms with Crippen LogP contribution in [0.1, 0.15) is 25.0 Å². The zero-order valence-corrected chi connectivity index (χ0v) is 10.4. The van der Waals surface area contributed by atoms with Crippen LogP contribution in [0, 0.1) is 0 Å². The first kappa shape index (κ1) is 11.7. The zero-order chi connectivity index (χ0) is 12.3. The second-order valence-corrected chi connectivity index (χ2v) is 4.21. The summed E-state index contributed by atoms with van der Waals surface area (Å²) in [6, 6.07) is 14.1. The Labute approximate surface area is 103 Å². The predicted octanol–water partition coefficient (Wildman–Crippen LogP) is 4.18. The van der Waals surface area contributed by atoms with Crippen molar-refractivity contribution >= 4 is 0 Å². The zero-order valence-electron chi connectivity index (χ0n) is 10.4. The van der Waals surface area contributed by atoms with Crippen LogP contribution < -0.4 is 0 Å². The second-order valence-electron chi connectivity index (χ2n) is 4.21. The van der Waals surface area contributed by atoms with Gasteiger partial charge in [-0.1, -0.05) is 44.2 Å². The fourth-order valence-corrected chi connectivity index (χ4v) is 2.18. The monoisotopic (exact) mass is 226 g/mol. The lowest BCUT2D eigenvalue weighted by Crippen LogP contribution is -1.92. The first-order chi connectivity index (χ1) is 8.26. The van der Waals surface area contributed by atoms with Crippen LogP contribution in [-0.4, -0.2) is 5.11 Å². The highest BCUT2D eigenvalue weighted by molar-refractivity contribution is 5.71. The van der Waals surface area contributed by atoms with Crippen molar-refractivity contribution in [2.24, 2.45) is 0 Å². The number of rotatable bonds is 3. The highest BCUT2D eigenvalue weighted by Crippen LogP contribution is 2.32. The molecule has 2 aromatic rings. The first-order valence-electron chi connectivity index (χ1n) is 6.16. The van der Waals surface area contributed by atoms with Gasteiger partial charge in [0, 0.05) is 5.56 Å². The van der Waals surface area contributed by atoms with E-state index in [4.69, 9.17) is 0 Å². The Morgan fingerprint density at radius 2 is 1.47 bits per heavy atom. The van der Waals surface area contributed by atoms with E-state index in [2.05, 4.69) is 19.9 Å². The van der Waals surface area contributed by atoms with Crippen molar-refractivity contribution in [2.75, 3.05) is 0 Å². The molecule has 0 saturated carbocycles. The van der Waals surface area contributed by atoms with Gasteiger partial charge in [0.2, 0.25) is 0 Å². The molecule has 0 atom stereocenters. The molecule has 1 N–H and O–H groups in total. The van der Waals surface area contributed by atoms with Crippen LogP contribution in [0.3, 0.4) is 0 Å². The SMILES string of the molecule is CCc1cc(O)c(-c2ccccc2)cc1CC. The van der Waals surface area contributed by atoms with E-state index in [0.29, 0.717) is 5.75 Å². The van der Waals surface area contributed by atoms with Crippen molar-refractivity contribution < 1.29 is 5.11 Å². The van der Waals surface area contributed by atoms with E-state index in [9.17, 15) is 5.11 Å². The molecule has 0 aromatic heterocycles. The minimum atomic E-state index is 0.380. The fourth-order valence-electron chi connectivity index (χ4n) is 2.18. The molecule has 0 heterocycles. The average Bonchev–Trinajstić information content (AvgIpc) is 2.39. The topological polar surface area (TPSA) is 20.2 Å². The Bertz CT molecular complexity index is 500. The maximum absolute atomic E-state index is 10.1.